The standard InChI is InChI=1S/C25H30BrN3O5/c1-6-28(7-2)12-13-29-21(16-8-10-17(26)11-9-16)19(23(31)24(29)32)22(30)18-14(3)20(25(33)34-5)27-15(18)4/h8-11,21,27,30H,6-7,12-13H2,1-5H3/t21-/m0/s1. The summed E-state index contributed by atoms with van der Waals surface area (Å²) in [5.41, 5.74) is 2.18. The number of rotatable bonds is 8. The molecule has 2 heterocycles. The Hall–Kier alpha value is -2.91. The van der Waals surface area contributed by atoms with Crippen LogP contribution in [0.3, 0.4) is 0 Å². The van der Waals surface area contributed by atoms with Crippen LogP contribution in [-0.2, 0) is 14.3 Å². The molecule has 1 aliphatic rings. The van der Waals surface area contributed by atoms with Gasteiger partial charge in [-0.1, -0.05) is 41.9 Å². The molecule has 1 aromatic carbocycles. The number of hydrogen-bond donors (Lipinski definition) is 2. The summed E-state index contributed by atoms with van der Waals surface area (Å²) >= 11 is 3.42. The molecule has 182 valence electrons. The number of halogens is 1. The number of likely N-dealkylation sites (tertiary alicyclic amines) is 1. The maximum Gasteiger partial charge on any atom is 0.354 e. The first-order valence-corrected chi connectivity index (χ1v) is 12.0. The van der Waals surface area contributed by atoms with E-state index in [1.165, 1.54) is 12.0 Å². The van der Waals surface area contributed by atoms with E-state index in [1.54, 1.807) is 13.8 Å². The van der Waals surface area contributed by atoms with Crippen LogP contribution in [0.25, 0.3) is 5.76 Å². The Bertz CT molecular complexity index is 1130. The third kappa shape index (κ3) is 4.67. The monoisotopic (exact) mass is 531 g/mol. The smallest absolute Gasteiger partial charge is 0.354 e. The lowest BCUT2D eigenvalue weighted by Gasteiger charge is -2.28. The Balaban J connectivity index is 2.17. The van der Waals surface area contributed by atoms with E-state index in [1.807, 2.05) is 38.1 Å². The number of aliphatic hydroxyl groups excluding tert-OH is 1. The molecular formula is C25H30BrN3O5. The van der Waals surface area contributed by atoms with Crippen LogP contribution in [0.1, 0.15) is 52.8 Å². The lowest BCUT2D eigenvalue weighted by Crippen LogP contribution is -2.38. The molecule has 1 saturated heterocycles. The van der Waals surface area contributed by atoms with Crippen molar-refractivity contribution in [1.29, 1.82) is 0 Å². The van der Waals surface area contributed by atoms with E-state index in [0.717, 1.165) is 17.6 Å². The molecule has 1 amide bonds. The summed E-state index contributed by atoms with van der Waals surface area (Å²) in [6.45, 7) is 10.0. The average Bonchev–Trinajstić information content (AvgIpc) is 3.26. The van der Waals surface area contributed by atoms with Gasteiger partial charge in [0.1, 0.15) is 11.5 Å². The largest absolute Gasteiger partial charge is 0.507 e. The van der Waals surface area contributed by atoms with Crippen LogP contribution in [0.2, 0.25) is 0 Å². The first-order chi connectivity index (χ1) is 16.2. The normalized spacial score (nSPS) is 17.6. The van der Waals surface area contributed by atoms with Crippen LogP contribution in [0.5, 0.6) is 0 Å². The van der Waals surface area contributed by atoms with Gasteiger partial charge in [0.05, 0.1) is 18.7 Å². The number of aliphatic hydroxyl groups is 1. The van der Waals surface area contributed by atoms with Crippen molar-refractivity contribution in [3.63, 3.8) is 0 Å². The number of esters is 1. The molecule has 0 radical (unpaired) electrons. The SMILES string of the molecule is CCN(CC)CCN1C(=O)C(=O)C(=C(O)c2c(C)[nH]c(C(=O)OC)c2C)[C@@H]1c1ccc(Br)cc1. The van der Waals surface area contributed by atoms with Gasteiger partial charge in [-0.25, -0.2) is 4.79 Å². The summed E-state index contributed by atoms with van der Waals surface area (Å²) in [6.07, 6.45) is 0. The fraction of sp³-hybridized carbons (Fsp3) is 0.400. The second-order valence-electron chi connectivity index (χ2n) is 8.19. The van der Waals surface area contributed by atoms with E-state index in [2.05, 4.69) is 25.8 Å². The van der Waals surface area contributed by atoms with Crippen LogP contribution in [0.4, 0.5) is 0 Å². The zero-order valence-corrected chi connectivity index (χ0v) is 21.7. The summed E-state index contributed by atoms with van der Waals surface area (Å²) in [7, 11) is 1.27. The molecule has 2 aromatic rings. The molecule has 1 atom stereocenters. The zero-order chi connectivity index (χ0) is 25.2. The Morgan fingerprint density at radius 3 is 2.35 bits per heavy atom. The highest BCUT2D eigenvalue weighted by Gasteiger charge is 2.46. The highest BCUT2D eigenvalue weighted by atomic mass is 79.9. The summed E-state index contributed by atoms with van der Waals surface area (Å²) < 4.78 is 5.67. The number of carbonyl (C=O) groups excluding carboxylic acids is 3. The van der Waals surface area contributed by atoms with Crippen molar-refractivity contribution in [1.82, 2.24) is 14.8 Å². The number of aromatic nitrogens is 1. The second-order valence-corrected chi connectivity index (χ2v) is 9.10. The third-order valence-corrected chi connectivity index (χ3v) is 6.87. The van der Waals surface area contributed by atoms with Crippen molar-refractivity contribution >= 4 is 39.3 Å². The number of carbonyl (C=O) groups is 3. The van der Waals surface area contributed by atoms with Crippen LogP contribution >= 0.6 is 15.9 Å². The maximum absolute atomic E-state index is 13.3. The number of amides is 1. The quantitative estimate of drug-likeness (QED) is 0.231. The van der Waals surface area contributed by atoms with Gasteiger partial charge in [-0.3, -0.25) is 9.59 Å². The molecule has 9 heteroatoms. The number of H-pyrrole nitrogens is 1. The molecular weight excluding hydrogens is 502 g/mol. The van der Waals surface area contributed by atoms with Crippen molar-refractivity contribution in [3.8, 4) is 0 Å². The van der Waals surface area contributed by atoms with Gasteiger partial charge in [0, 0.05) is 28.8 Å². The summed E-state index contributed by atoms with van der Waals surface area (Å²) in [6, 6.07) is 6.58. The van der Waals surface area contributed by atoms with Crippen molar-refractivity contribution in [2.24, 2.45) is 0 Å². The lowest BCUT2D eigenvalue weighted by atomic mass is 9.94. The molecule has 3 rings (SSSR count). The topological polar surface area (TPSA) is 103 Å². The number of nitrogens with one attached hydrogen (secondary N) is 1. The minimum atomic E-state index is -0.751. The highest BCUT2D eigenvalue weighted by Crippen LogP contribution is 2.41. The number of ether oxygens (including phenoxy) is 1. The first kappa shape index (κ1) is 25.7. The molecule has 8 nitrogen and oxygen atoms in total. The molecule has 2 N–H and O–H groups in total. The van der Waals surface area contributed by atoms with Gasteiger partial charge >= 0.3 is 5.97 Å². The maximum atomic E-state index is 13.3. The Labute approximate surface area is 207 Å². The Morgan fingerprint density at radius 1 is 1.18 bits per heavy atom. The molecule has 34 heavy (non-hydrogen) atoms. The number of hydrogen-bond acceptors (Lipinski definition) is 6. The lowest BCUT2D eigenvalue weighted by molar-refractivity contribution is -0.140. The predicted molar refractivity (Wildman–Crippen MR) is 133 cm³/mol. The highest BCUT2D eigenvalue weighted by molar-refractivity contribution is 9.10. The van der Waals surface area contributed by atoms with Crippen LogP contribution < -0.4 is 0 Å². The molecule has 1 aromatic heterocycles. The van der Waals surface area contributed by atoms with E-state index >= 15 is 0 Å². The molecule has 0 saturated carbocycles. The van der Waals surface area contributed by atoms with Crippen LogP contribution in [0.15, 0.2) is 34.3 Å². The summed E-state index contributed by atoms with van der Waals surface area (Å²) in [5.74, 6) is -2.29. The fourth-order valence-electron chi connectivity index (χ4n) is 4.44. The number of benzene rings is 1. The number of ketones is 1. The Morgan fingerprint density at radius 2 is 1.79 bits per heavy atom. The molecule has 0 bridgehead atoms. The van der Waals surface area contributed by atoms with Crippen LogP contribution in [0, 0.1) is 13.8 Å². The minimum Gasteiger partial charge on any atom is -0.507 e. The minimum absolute atomic E-state index is 0.00786. The second kappa shape index (κ2) is 10.6. The van der Waals surface area contributed by atoms with Crippen molar-refractivity contribution in [3.05, 3.63) is 62.4 Å². The van der Waals surface area contributed by atoms with Crippen molar-refractivity contribution < 1.29 is 24.2 Å². The summed E-state index contributed by atoms with van der Waals surface area (Å²) in [5, 5.41) is 11.4. The zero-order valence-electron chi connectivity index (χ0n) is 20.1. The summed E-state index contributed by atoms with van der Waals surface area (Å²) in [4.78, 5) is 45.2. The Kier molecular flexibility index (Phi) is 7.99. The van der Waals surface area contributed by atoms with Gasteiger partial charge < -0.3 is 24.6 Å². The van der Waals surface area contributed by atoms with E-state index in [0.29, 0.717) is 35.5 Å². The average molecular weight is 532 g/mol. The van der Waals surface area contributed by atoms with Gasteiger partial charge in [0.15, 0.2) is 0 Å². The molecule has 0 aliphatic carbocycles. The molecule has 1 aliphatic heterocycles. The van der Waals surface area contributed by atoms with Gasteiger partial charge in [-0.2, -0.15) is 0 Å². The molecule has 0 unspecified atom stereocenters. The van der Waals surface area contributed by atoms with Gasteiger partial charge in [0.25, 0.3) is 11.7 Å². The third-order valence-electron chi connectivity index (χ3n) is 6.34. The predicted octanol–water partition coefficient (Wildman–Crippen LogP) is 3.94. The number of aryl methyl sites for hydroxylation is 1. The number of Topliss-reactive ketones (excluding diaryl/α,β-unsaturated/α-hetero) is 1. The van der Waals surface area contributed by atoms with E-state index in [9.17, 15) is 19.5 Å². The number of aromatic amines is 1. The van der Waals surface area contributed by atoms with E-state index in [4.69, 9.17) is 4.74 Å². The van der Waals surface area contributed by atoms with E-state index < -0.39 is 23.7 Å². The van der Waals surface area contributed by atoms with Crippen LogP contribution in [-0.4, -0.2) is 70.8 Å². The number of likely N-dealkylation sites (N-methyl/N-ethyl adjacent to an activating group) is 1. The number of methoxy groups -OCH3 is 1. The molecule has 1 fully saturated rings. The molecule has 0 spiro atoms. The van der Waals surface area contributed by atoms with Crippen molar-refractivity contribution in [2.45, 2.75) is 33.7 Å². The van der Waals surface area contributed by atoms with Gasteiger partial charge in [-0.05, 0) is 50.2 Å². The first-order valence-electron chi connectivity index (χ1n) is 11.2. The van der Waals surface area contributed by atoms with Gasteiger partial charge in [-0.15, -0.1) is 0 Å². The van der Waals surface area contributed by atoms with E-state index in [-0.39, 0.29) is 17.0 Å². The van der Waals surface area contributed by atoms with Crippen molar-refractivity contribution in [2.75, 3.05) is 33.3 Å². The van der Waals surface area contributed by atoms with Gasteiger partial charge in [0.2, 0.25) is 0 Å². The number of nitrogens with zero attached hydrogens (tertiary/aromatic N) is 2. The fourth-order valence-corrected chi connectivity index (χ4v) is 4.70.